The lowest BCUT2D eigenvalue weighted by Gasteiger charge is -2.12. The number of hydrogen-bond acceptors (Lipinski definition) is 5. The number of nitrogens with one attached hydrogen (secondary N) is 1. The van der Waals surface area contributed by atoms with Gasteiger partial charge in [-0.05, 0) is 55.0 Å². The molecule has 7 heteroatoms. The number of rotatable bonds is 8. The molecule has 3 rings (SSSR count). The molecule has 0 saturated carbocycles. The number of halogens is 1. The minimum atomic E-state index is -0.525. The Morgan fingerprint density at radius 3 is 2.62 bits per heavy atom. The smallest absolute Gasteiger partial charge is 0.251 e. The third-order valence-corrected chi connectivity index (χ3v) is 4.04. The van der Waals surface area contributed by atoms with Crippen molar-refractivity contribution >= 4 is 5.91 Å². The first-order chi connectivity index (χ1) is 14.1. The summed E-state index contributed by atoms with van der Waals surface area (Å²) in [4.78, 5) is 16.3. The van der Waals surface area contributed by atoms with Gasteiger partial charge in [-0.15, -0.1) is 0 Å². The Balaban J connectivity index is 1.63. The maximum absolute atomic E-state index is 14.3. The summed E-state index contributed by atoms with van der Waals surface area (Å²) in [5, 5.41) is 2.76. The third-order valence-electron chi connectivity index (χ3n) is 4.04. The standard InChI is InChI=1S/C22H21FN2O4/c1-3-28-20-9-7-16(12-21(20)27-2)22(26)25-13-15-6-8-19(18(23)11-15)29-17-5-4-10-24-14-17/h4-12,14H,3,13H2,1-2H3,(H,25,26). The molecule has 3 aromatic rings. The molecule has 0 unspecified atom stereocenters. The Bertz CT molecular complexity index is 980. The number of pyridine rings is 1. The summed E-state index contributed by atoms with van der Waals surface area (Å²) < 4.78 is 30.5. The molecule has 0 bridgehead atoms. The Hall–Kier alpha value is -3.61. The molecule has 0 fully saturated rings. The fraction of sp³-hybridized carbons (Fsp3) is 0.182. The number of nitrogens with zero attached hydrogens (tertiary/aromatic N) is 1. The largest absolute Gasteiger partial charge is 0.493 e. The molecule has 6 nitrogen and oxygen atoms in total. The van der Waals surface area contributed by atoms with Crippen LogP contribution in [0.1, 0.15) is 22.8 Å². The fourth-order valence-corrected chi connectivity index (χ4v) is 2.64. The van der Waals surface area contributed by atoms with Crippen molar-refractivity contribution in [3.63, 3.8) is 0 Å². The van der Waals surface area contributed by atoms with Crippen molar-refractivity contribution in [2.45, 2.75) is 13.5 Å². The lowest BCUT2D eigenvalue weighted by Crippen LogP contribution is -2.22. The number of carbonyl (C=O) groups is 1. The highest BCUT2D eigenvalue weighted by Gasteiger charge is 2.12. The number of carbonyl (C=O) groups excluding carboxylic acids is 1. The van der Waals surface area contributed by atoms with Crippen molar-refractivity contribution in [1.29, 1.82) is 0 Å². The minimum Gasteiger partial charge on any atom is -0.493 e. The average Bonchev–Trinajstić information content (AvgIpc) is 2.75. The molecule has 1 aromatic heterocycles. The number of methoxy groups -OCH3 is 1. The van der Waals surface area contributed by atoms with Gasteiger partial charge in [0.1, 0.15) is 5.75 Å². The zero-order chi connectivity index (χ0) is 20.6. The van der Waals surface area contributed by atoms with E-state index in [-0.39, 0.29) is 18.2 Å². The summed E-state index contributed by atoms with van der Waals surface area (Å²) in [5.41, 5.74) is 1.02. The van der Waals surface area contributed by atoms with Gasteiger partial charge in [-0.3, -0.25) is 9.78 Å². The van der Waals surface area contributed by atoms with Crippen molar-refractivity contribution in [3.8, 4) is 23.0 Å². The Kier molecular flexibility index (Phi) is 6.63. The van der Waals surface area contributed by atoms with Crippen molar-refractivity contribution in [1.82, 2.24) is 10.3 Å². The predicted molar refractivity (Wildman–Crippen MR) is 106 cm³/mol. The number of hydrogen-bond donors (Lipinski definition) is 1. The highest BCUT2D eigenvalue weighted by atomic mass is 19.1. The first-order valence-corrected chi connectivity index (χ1v) is 9.06. The van der Waals surface area contributed by atoms with E-state index in [0.29, 0.717) is 35.0 Å². The molecular weight excluding hydrogens is 375 g/mol. The molecule has 29 heavy (non-hydrogen) atoms. The topological polar surface area (TPSA) is 69.7 Å². The van der Waals surface area contributed by atoms with Crippen LogP contribution in [0, 0.1) is 5.82 Å². The summed E-state index contributed by atoms with van der Waals surface area (Å²) in [5.74, 6) is 0.743. The maximum Gasteiger partial charge on any atom is 0.251 e. The van der Waals surface area contributed by atoms with Gasteiger partial charge in [0.05, 0.1) is 19.9 Å². The van der Waals surface area contributed by atoms with Gasteiger partial charge in [0.25, 0.3) is 5.91 Å². The van der Waals surface area contributed by atoms with E-state index in [9.17, 15) is 9.18 Å². The summed E-state index contributed by atoms with van der Waals surface area (Å²) in [6.45, 7) is 2.53. The van der Waals surface area contributed by atoms with Gasteiger partial charge in [0, 0.05) is 18.3 Å². The Labute approximate surface area is 168 Å². The van der Waals surface area contributed by atoms with Crippen molar-refractivity contribution < 1.29 is 23.4 Å². The third kappa shape index (κ3) is 5.22. The van der Waals surface area contributed by atoms with Gasteiger partial charge >= 0.3 is 0 Å². The SMILES string of the molecule is CCOc1ccc(C(=O)NCc2ccc(Oc3cccnc3)c(F)c2)cc1OC. The summed E-state index contributed by atoms with van der Waals surface area (Å²) >= 11 is 0. The second kappa shape index (κ2) is 9.54. The van der Waals surface area contributed by atoms with Crippen LogP contribution in [0.15, 0.2) is 60.9 Å². The van der Waals surface area contributed by atoms with Gasteiger partial charge in [0.2, 0.25) is 0 Å². The summed E-state index contributed by atoms with van der Waals surface area (Å²) in [7, 11) is 1.51. The van der Waals surface area contributed by atoms with E-state index in [0.717, 1.165) is 0 Å². The van der Waals surface area contributed by atoms with E-state index in [1.807, 2.05) is 6.92 Å². The van der Waals surface area contributed by atoms with E-state index in [1.165, 1.54) is 25.4 Å². The number of amides is 1. The van der Waals surface area contributed by atoms with Gasteiger partial charge in [-0.25, -0.2) is 4.39 Å². The number of ether oxygens (including phenoxy) is 3. The molecule has 0 spiro atoms. The molecule has 0 atom stereocenters. The molecule has 2 aromatic carbocycles. The molecule has 150 valence electrons. The van der Waals surface area contributed by atoms with E-state index < -0.39 is 5.82 Å². The monoisotopic (exact) mass is 396 g/mol. The Morgan fingerprint density at radius 1 is 1.10 bits per heavy atom. The molecule has 1 amide bonds. The van der Waals surface area contributed by atoms with E-state index in [2.05, 4.69) is 10.3 Å². The van der Waals surface area contributed by atoms with Gasteiger partial charge in [-0.2, -0.15) is 0 Å². The second-order valence-electron chi connectivity index (χ2n) is 6.04. The second-order valence-corrected chi connectivity index (χ2v) is 6.04. The molecular formula is C22H21FN2O4. The minimum absolute atomic E-state index is 0.0873. The van der Waals surface area contributed by atoms with Crippen LogP contribution in [-0.2, 0) is 6.54 Å². The highest BCUT2D eigenvalue weighted by molar-refractivity contribution is 5.94. The van der Waals surface area contributed by atoms with Crippen LogP contribution in [0.2, 0.25) is 0 Å². The van der Waals surface area contributed by atoms with Crippen LogP contribution >= 0.6 is 0 Å². The molecule has 0 saturated heterocycles. The molecule has 0 aliphatic rings. The highest BCUT2D eigenvalue weighted by Crippen LogP contribution is 2.28. The van der Waals surface area contributed by atoms with E-state index in [1.54, 1.807) is 42.6 Å². The van der Waals surface area contributed by atoms with Gasteiger partial charge in [0.15, 0.2) is 23.1 Å². The average molecular weight is 396 g/mol. The molecule has 1 N–H and O–H groups in total. The predicted octanol–water partition coefficient (Wildman–Crippen LogP) is 4.35. The van der Waals surface area contributed by atoms with Crippen LogP contribution < -0.4 is 19.5 Å². The zero-order valence-corrected chi connectivity index (χ0v) is 16.1. The maximum atomic E-state index is 14.3. The number of aromatic nitrogens is 1. The van der Waals surface area contributed by atoms with Crippen molar-refractivity contribution in [2.75, 3.05) is 13.7 Å². The lowest BCUT2D eigenvalue weighted by atomic mass is 10.1. The lowest BCUT2D eigenvalue weighted by molar-refractivity contribution is 0.0950. The van der Waals surface area contributed by atoms with Crippen LogP contribution in [0.5, 0.6) is 23.0 Å². The van der Waals surface area contributed by atoms with E-state index >= 15 is 0 Å². The van der Waals surface area contributed by atoms with Crippen LogP contribution in [0.25, 0.3) is 0 Å². The summed E-state index contributed by atoms with van der Waals surface area (Å²) in [6, 6.07) is 12.8. The van der Waals surface area contributed by atoms with Crippen LogP contribution in [0.4, 0.5) is 4.39 Å². The molecule has 1 heterocycles. The van der Waals surface area contributed by atoms with Crippen molar-refractivity contribution in [3.05, 3.63) is 77.9 Å². The fourth-order valence-electron chi connectivity index (χ4n) is 2.64. The first kappa shape index (κ1) is 20.1. The molecule has 0 aliphatic carbocycles. The molecule has 0 radical (unpaired) electrons. The first-order valence-electron chi connectivity index (χ1n) is 9.06. The van der Waals surface area contributed by atoms with Crippen molar-refractivity contribution in [2.24, 2.45) is 0 Å². The Morgan fingerprint density at radius 2 is 1.93 bits per heavy atom. The van der Waals surface area contributed by atoms with Crippen LogP contribution in [-0.4, -0.2) is 24.6 Å². The van der Waals surface area contributed by atoms with E-state index in [4.69, 9.17) is 14.2 Å². The molecule has 0 aliphatic heterocycles. The quantitative estimate of drug-likeness (QED) is 0.613. The summed E-state index contributed by atoms with van der Waals surface area (Å²) in [6.07, 6.45) is 3.10. The van der Waals surface area contributed by atoms with Gasteiger partial charge in [-0.1, -0.05) is 6.07 Å². The number of benzene rings is 2. The normalized spacial score (nSPS) is 10.3. The van der Waals surface area contributed by atoms with Crippen LogP contribution in [0.3, 0.4) is 0 Å². The zero-order valence-electron chi connectivity index (χ0n) is 16.1. The van der Waals surface area contributed by atoms with Gasteiger partial charge < -0.3 is 19.5 Å².